The summed E-state index contributed by atoms with van der Waals surface area (Å²) in [5.41, 5.74) is -2.34. The lowest BCUT2D eigenvalue weighted by molar-refractivity contribution is -0.219. The first kappa shape index (κ1) is 21.0. The molecule has 1 N–H and O–H groups in total. The van der Waals surface area contributed by atoms with Gasteiger partial charge in [-0.15, -0.1) is 15.2 Å². The summed E-state index contributed by atoms with van der Waals surface area (Å²) < 4.78 is 0. The van der Waals surface area contributed by atoms with E-state index < -0.39 is 36.4 Å². The summed E-state index contributed by atoms with van der Waals surface area (Å²) in [6.45, 7) is 3.55. The van der Waals surface area contributed by atoms with Crippen molar-refractivity contribution in [2.45, 2.75) is 57.0 Å². The molecular weight excluding hydrogens is 370 g/mol. The number of carbonyl (C=O) groups excluding carboxylic acids is 3. The van der Waals surface area contributed by atoms with Crippen molar-refractivity contribution in [3.63, 3.8) is 0 Å². The Hall–Kier alpha value is -1.75. The lowest BCUT2D eigenvalue weighted by Gasteiger charge is -2.27. The van der Waals surface area contributed by atoms with Gasteiger partial charge in [-0.2, -0.15) is 0 Å². The second-order valence-electron chi connectivity index (χ2n) is 7.60. The third-order valence-corrected chi connectivity index (χ3v) is 5.12. The molecule has 0 bridgehead atoms. The molecule has 0 aromatic heterocycles. The zero-order chi connectivity index (χ0) is 20.0. The molecule has 28 heavy (non-hydrogen) atoms. The van der Waals surface area contributed by atoms with Crippen LogP contribution in [0.4, 0.5) is 0 Å². The van der Waals surface area contributed by atoms with Crippen molar-refractivity contribution < 1.29 is 34.0 Å². The lowest BCUT2D eigenvalue weighted by atomic mass is 9.96. The fraction of sp³-hybridized carbons (Fsp3) is 0.833. The molecule has 0 atom stereocenters. The molecule has 3 aliphatic rings. The van der Waals surface area contributed by atoms with Crippen LogP contribution in [0.15, 0.2) is 0 Å². The average molecular weight is 399 g/mol. The van der Waals surface area contributed by atoms with E-state index in [-0.39, 0.29) is 0 Å². The van der Waals surface area contributed by atoms with E-state index in [0.717, 1.165) is 38.5 Å². The maximum atomic E-state index is 12.6. The molecule has 0 unspecified atom stereocenters. The van der Waals surface area contributed by atoms with Crippen LogP contribution >= 0.6 is 0 Å². The Kier molecular flexibility index (Phi) is 7.22. The van der Waals surface area contributed by atoms with Crippen LogP contribution in [0.1, 0.15) is 51.4 Å². The minimum Gasteiger partial charge on any atom is -0.377 e. The Labute approximate surface area is 164 Å². The van der Waals surface area contributed by atoms with E-state index in [1.54, 1.807) is 0 Å². The van der Waals surface area contributed by atoms with E-state index >= 15 is 0 Å². The fourth-order valence-corrected chi connectivity index (χ4v) is 3.58. The van der Waals surface area contributed by atoms with Crippen LogP contribution in [-0.2, 0) is 28.9 Å². The highest BCUT2D eigenvalue weighted by Gasteiger charge is 2.45. The second kappa shape index (κ2) is 9.64. The molecule has 3 heterocycles. The summed E-state index contributed by atoms with van der Waals surface area (Å²) in [5.74, 6) is -2.60. The van der Waals surface area contributed by atoms with Gasteiger partial charge in [-0.3, -0.25) is 9.59 Å². The Balaban J connectivity index is 1.61. The number of rotatable bonds is 8. The summed E-state index contributed by atoms with van der Waals surface area (Å²) in [4.78, 5) is 52.8. The number of aliphatic hydroxyl groups is 1. The van der Waals surface area contributed by atoms with Gasteiger partial charge >= 0.3 is 17.9 Å². The highest BCUT2D eigenvalue weighted by atomic mass is 16.7. The van der Waals surface area contributed by atoms with Gasteiger partial charge in [0.1, 0.15) is 0 Å². The molecule has 3 aliphatic heterocycles. The van der Waals surface area contributed by atoms with E-state index in [1.165, 1.54) is 15.2 Å². The van der Waals surface area contributed by atoms with Gasteiger partial charge in [0.15, 0.2) is 5.60 Å². The molecule has 10 nitrogen and oxygen atoms in total. The Morgan fingerprint density at radius 1 is 0.643 bits per heavy atom. The molecule has 0 aliphatic carbocycles. The van der Waals surface area contributed by atoms with Crippen molar-refractivity contribution in [1.29, 1.82) is 0 Å². The summed E-state index contributed by atoms with van der Waals surface area (Å²) in [5, 5.41) is 15.3. The molecule has 3 saturated heterocycles. The predicted octanol–water partition coefficient (Wildman–Crippen LogP) is 0.160. The van der Waals surface area contributed by atoms with Crippen LogP contribution in [-0.4, -0.2) is 83.1 Å². The van der Waals surface area contributed by atoms with Crippen LogP contribution in [0.5, 0.6) is 0 Å². The van der Waals surface area contributed by atoms with Gasteiger partial charge in [0, 0.05) is 39.3 Å². The van der Waals surface area contributed by atoms with Gasteiger partial charge in [-0.25, -0.2) is 4.79 Å². The molecule has 158 valence electrons. The normalized spacial score (nSPS) is 21.8. The van der Waals surface area contributed by atoms with Gasteiger partial charge in [0.2, 0.25) is 0 Å². The topological polar surface area (TPSA) is 109 Å². The highest BCUT2D eigenvalue weighted by molar-refractivity contribution is 5.89. The third kappa shape index (κ3) is 5.87. The molecule has 0 spiro atoms. The Morgan fingerprint density at radius 3 is 1.32 bits per heavy atom. The van der Waals surface area contributed by atoms with Crippen LogP contribution in [0.25, 0.3) is 0 Å². The minimum atomic E-state index is -2.34. The minimum absolute atomic E-state index is 0.554. The van der Waals surface area contributed by atoms with Crippen molar-refractivity contribution in [2.24, 2.45) is 0 Å². The van der Waals surface area contributed by atoms with Crippen molar-refractivity contribution in [2.75, 3.05) is 39.3 Å². The number of hydrogen-bond acceptors (Lipinski definition) is 10. The van der Waals surface area contributed by atoms with Crippen molar-refractivity contribution in [3.8, 4) is 0 Å². The zero-order valence-electron chi connectivity index (χ0n) is 16.1. The van der Waals surface area contributed by atoms with Crippen molar-refractivity contribution >= 4 is 17.9 Å². The second-order valence-corrected chi connectivity index (χ2v) is 7.60. The van der Waals surface area contributed by atoms with Gasteiger partial charge in [0.05, 0.1) is 12.8 Å². The van der Waals surface area contributed by atoms with Crippen LogP contribution in [0.3, 0.4) is 0 Å². The van der Waals surface area contributed by atoms with Crippen LogP contribution < -0.4 is 0 Å². The van der Waals surface area contributed by atoms with Gasteiger partial charge < -0.3 is 19.6 Å². The number of hydrogen-bond donors (Lipinski definition) is 1. The molecule has 10 heteroatoms. The molecule has 3 fully saturated rings. The average Bonchev–Trinajstić information content (AvgIpc) is 3.37. The zero-order valence-corrected chi connectivity index (χ0v) is 16.1. The first-order valence-corrected chi connectivity index (χ1v) is 10.1. The van der Waals surface area contributed by atoms with E-state index in [4.69, 9.17) is 14.5 Å². The molecular formula is C18H29N3O7. The molecule has 0 saturated carbocycles. The SMILES string of the molecule is O=C(CC(O)(CC(=O)ON1CCCC1)C(=O)ON1CCCC1)ON1CCCC1. The summed E-state index contributed by atoms with van der Waals surface area (Å²) in [7, 11) is 0. The van der Waals surface area contributed by atoms with Crippen molar-refractivity contribution in [1.82, 2.24) is 15.2 Å². The van der Waals surface area contributed by atoms with E-state index in [2.05, 4.69) is 0 Å². The van der Waals surface area contributed by atoms with E-state index in [1.807, 2.05) is 0 Å². The standard InChI is InChI=1S/C18H29N3O7/c22-15(26-19-7-1-2-8-19)13-18(25,17(24)28-21-11-5-6-12-21)14-16(23)27-20-9-3-4-10-20/h25H,1-14H2. The highest BCUT2D eigenvalue weighted by Crippen LogP contribution is 2.23. The smallest absolute Gasteiger partial charge is 0.358 e. The van der Waals surface area contributed by atoms with Gasteiger partial charge in [-0.1, -0.05) is 0 Å². The first-order chi connectivity index (χ1) is 13.4. The number of carbonyl (C=O) groups is 3. The monoisotopic (exact) mass is 399 g/mol. The summed E-state index contributed by atoms with van der Waals surface area (Å²) in [6, 6.07) is 0. The van der Waals surface area contributed by atoms with Gasteiger partial charge in [-0.05, 0) is 38.5 Å². The molecule has 0 amide bonds. The molecule has 0 aromatic carbocycles. The number of hydroxylamine groups is 6. The maximum Gasteiger partial charge on any atom is 0.358 e. The molecule has 3 rings (SSSR count). The third-order valence-electron chi connectivity index (χ3n) is 5.12. The predicted molar refractivity (Wildman–Crippen MR) is 94.9 cm³/mol. The summed E-state index contributed by atoms with van der Waals surface area (Å²) >= 11 is 0. The summed E-state index contributed by atoms with van der Waals surface area (Å²) in [6.07, 6.45) is 4.05. The Bertz CT molecular complexity index is 536. The maximum absolute atomic E-state index is 12.6. The quantitative estimate of drug-likeness (QED) is 0.606. The largest absolute Gasteiger partial charge is 0.377 e. The van der Waals surface area contributed by atoms with Gasteiger partial charge in [0.25, 0.3) is 0 Å². The molecule has 0 aromatic rings. The number of nitrogens with zero attached hydrogens (tertiary/aromatic N) is 3. The van der Waals surface area contributed by atoms with E-state index in [9.17, 15) is 19.5 Å². The molecule has 0 radical (unpaired) electrons. The van der Waals surface area contributed by atoms with Crippen LogP contribution in [0.2, 0.25) is 0 Å². The van der Waals surface area contributed by atoms with E-state index in [0.29, 0.717) is 39.3 Å². The first-order valence-electron chi connectivity index (χ1n) is 10.1. The fourth-order valence-electron chi connectivity index (χ4n) is 3.58. The van der Waals surface area contributed by atoms with Crippen LogP contribution in [0, 0.1) is 0 Å². The Morgan fingerprint density at radius 2 is 0.964 bits per heavy atom. The lowest BCUT2D eigenvalue weighted by Crippen LogP contribution is -2.48. The van der Waals surface area contributed by atoms with Crippen molar-refractivity contribution in [3.05, 3.63) is 0 Å².